The van der Waals surface area contributed by atoms with Crippen LogP contribution in [0.2, 0.25) is 0 Å². The van der Waals surface area contributed by atoms with E-state index in [4.69, 9.17) is 4.74 Å². The van der Waals surface area contributed by atoms with Crippen molar-refractivity contribution in [1.82, 2.24) is 0 Å². The van der Waals surface area contributed by atoms with Gasteiger partial charge in [-0.3, -0.25) is 14.9 Å². The van der Waals surface area contributed by atoms with Gasteiger partial charge in [0.25, 0.3) is 11.6 Å². The quantitative estimate of drug-likeness (QED) is 0.347. The molecule has 0 radical (unpaired) electrons. The standard InChI is InChI=1S/C20H20N2O5/c1-3-15-4-9-17(10-5-15)21-20(24)14(2)27-19(23)13-8-16-6-11-18(12-7-16)22(25)26/h4-14H,3H2,1-2H3,(H,21,24)/b13-8+/t14-/m0/s1. The van der Waals surface area contributed by atoms with Gasteiger partial charge in [0.15, 0.2) is 6.10 Å². The van der Waals surface area contributed by atoms with Gasteiger partial charge in [0.2, 0.25) is 0 Å². The first-order chi connectivity index (χ1) is 12.9. The Morgan fingerprint density at radius 3 is 2.33 bits per heavy atom. The van der Waals surface area contributed by atoms with E-state index in [1.807, 2.05) is 19.1 Å². The molecule has 0 spiro atoms. The van der Waals surface area contributed by atoms with Crippen LogP contribution in [-0.4, -0.2) is 22.9 Å². The molecule has 1 atom stereocenters. The minimum Gasteiger partial charge on any atom is -0.449 e. The number of carbonyl (C=O) groups is 2. The van der Waals surface area contributed by atoms with E-state index < -0.39 is 22.9 Å². The molecule has 0 aliphatic rings. The maximum atomic E-state index is 12.1. The van der Waals surface area contributed by atoms with Gasteiger partial charge in [0.1, 0.15) is 0 Å². The number of benzene rings is 2. The summed E-state index contributed by atoms with van der Waals surface area (Å²) < 4.78 is 5.07. The Morgan fingerprint density at radius 2 is 1.78 bits per heavy atom. The van der Waals surface area contributed by atoms with Crippen molar-refractivity contribution in [2.75, 3.05) is 5.32 Å². The van der Waals surface area contributed by atoms with Crippen molar-refractivity contribution < 1.29 is 19.2 Å². The van der Waals surface area contributed by atoms with E-state index in [1.54, 1.807) is 12.1 Å². The lowest BCUT2D eigenvalue weighted by molar-refractivity contribution is -0.384. The summed E-state index contributed by atoms with van der Waals surface area (Å²) in [6.45, 7) is 3.52. The molecular formula is C20H20N2O5. The monoisotopic (exact) mass is 368 g/mol. The van der Waals surface area contributed by atoms with E-state index in [-0.39, 0.29) is 5.69 Å². The van der Waals surface area contributed by atoms with Crippen molar-refractivity contribution in [2.24, 2.45) is 0 Å². The summed E-state index contributed by atoms with van der Waals surface area (Å²) >= 11 is 0. The Morgan fingerprint density at radius 1 is 1.15 bits per heavy atom. The van der Waals surface area contributed by atoms with Crippen LogP contribution in [0.15, 0.2) is 54.6 Å². The highest BCUT2D eigenvalue weighted by atomic mass is 16.6. The molecule has 0 bridgehead atoms. The molecule has 7 heteroatoms. The molecule has 2 rings (SSSR count). The molecule has 0 aliphatic carbocycles. The second-order valence-corrected chi connectivity index (χ2v) is 5.80. The van der Waals surface area contributed by atoms with Gasteiger partial charge in [-0.25, -0.2) is 4.79 Å². The van der Waals surface area contributed by atoms with Crippen molar-refractivity contribution in [3.05, 3.63) is 75.8 Å². The van der Waals surface area contributed by atoms with E-state index in [9.17, 15) is 19.7 Å². The van der Waals surface area contributed by atoms with Crippen molar-refractivity contribution in [1.29, 1.82) is 0 Å². The SMILES string of the molecule is CCc1ccc(NC(=O)[C@H](C)OC(=O)/C=C/c2ccc([N+](=O)[O-])cc2)cc1. The summed E-state index contributed by atoms with van der Waals surface area (Å²) in [5.74, 6) is -1.12. The van der Waals surface area contributed by atoms with Gasteiger partial charge >= 0.3 is 5.97 Å². The fourth-order valence-electron chi connectivity index (χ4n) is 2.21. The fourth-order valence-corrected chi connectivity index (χ4v) is 2.21. The number of nitrogens with one attached hydrogen (secondary N) is 1. The molecule has 0 saturated heterocycles. The average Bonchev–Trinajstić information content (AvgIpc) is 2.67. The van der Waals surface area contributed by atoms with Crippen LogP contribution in [0.1, 0.15) is 25.0 Å². The predicted octanol–water partition coefficient (Wildman–Crippen LogP) is 3.74. The van der Waals surface area contributed by atoms with Crippen LogP contribution >= 0.6 is 0 Å². The van der Waals surface area contributed by atoms with Crippen LogP contribution < -0.4 is 5.32 Å². The van der Waals surface area contributed by atoms with Crippen LogP contribution in [0.5, 0.6) is 0 Å². The smallest absolute Gasteiger partial charge is 0.331 e. The highest BCUT2D eigenvalue weighted by Crippen LogP contribution is 2.13. The van der Waals surface area contributed by atoms with Gasteiger partial charge in [0, 0.05) is 23.9 Å². The summed E-state index contributed by atoms with van der Waals surface area (Å²) in [7, 11) is 0. The Kier molecular flexibility index (Phi) is 6.82. The van der Waals surface area contributed by atoms with E-state index in [1.165, 1.54) is 43.3 Å². The number of hydrogen-bond donors (Lipinski definition) is 1. The van der Waals surface area contributed by atoms with Gasteiger partial charge in [-0.1, -0.05) is 19.1 Å². The van der Waals surface area contributed by atoms with Gasteiger partial charge < -0.3 is 10.1 Å². The lowest BCUT2D eigenvalue weighted by Gasteiger charge is -2.12. The molecule has 0 aromatic heterocycles. The van der Waals surface area contributed by atoms with Crippen LogP contribution in [0.3, 0.4) is 0 Å². The maximum Gasteiger partial charge on any atom is 0.331 e. The first-order valence-corrected chi connectivity index (χ1v) is 8.42. The number of carbonyl (C=O) groups excluding carboxylic acids is 2. The second kappa shape index (κ2) is 9.28. The molecule has 0 saturated carbocycles. The third-order valence-corrected chi connectivity index (χ3v) is 3.81. The van der Waals surface area contributed by atoms with Crippen LogP contribution in [0.25, 0.3) is 6.08 Å². The van der Waals surface area contributed by atoms with E-state index in [0.717, 1.165) is 12.0 Å². The van der Waals surface area contributed by atoms with Crippen molar-refractivity contribution in [3.63, 3.8) is 0 Å². The number of anilines is 1. The number of rotatable bonds is 7. The second-order valence-electron chi connectivity index (χ2n) is 5.80. The number of nitrogens with zero attached hydrogens (tertiary/aromatic N) is 1. The maximum absolute atomic E-state index is 12.1. The summed E-state index contributed by atoms with van der Waals surface area (Å²) in [6.07, 6.45) is 2.56. The first-order valence-electron chi connectivity index (χ1n) is 8.42. The number of non-ortho nitro benzene ring substituents is 1. The molecule has 0 fully saturated rings. The Hall–Kier alpha value is -3.48. The molecule has 2 aromatic carbocycles. The van der Waals surface area contributed by atoms with E-state index in [2.05, 4.69) is 5.32 Å². The number of esters is 1. The summed E-state index contributed by atoms with van der Waals surface area (Å²) in [5, 5.41) is 13.3. The topological polar surface area (TPSA) is 98.5 Å². The zero-order chi connectivity index (χ0) is 19.8. The third-order valence-electron chi connectivity index (χ3n) is 3.81. The summed E-state index contributed by atoms with van der Waals surface area (Å²) in [4.78, 5) is 34.0. The Bertz CT molecular complexity index is 842. The predicted molar refractivity (Wildman–Crippen MR) is 102 cm³/mol. The zero-order valence-electron chi connectivity index (χ0n) is 15.0. The number of ether oxygens (including phenoxy) is 1. The Balaban J connectivity index is 1.87. The van der Waals surface area contributed by atoms with Gasteiger partial charge in [-0.05, 0) is 54.8 Å². The fraction of sp³-hybridized carbons (Fsp3) is 0.200. The number of hydrogen-bond acceptors (Lipinski definition) is 5. The summed E-state index contributed by atoms with van der Waals surface area (Å²) in [6, 6.07) is 13.1. The summed E-state index contributed by atoms with van der Waals surface area (Å²) in [5.41, 5.74) is 2.35. The van der Waals surface area contributed by atoms with E-state index >= 15 is 0 Å². The lowest BCUT2D eigenvalue weighted by Crippen LogP contribution is -2.29. The molecule has 0 unspecified atom stereocenters. The minimum absolute atomic E-state index is 0.0352. The molecular weight excluding hydrogens is 348 g/mol. The van der Waals surface area contributed by atoms with Crippen molar-refractivity contribution in [2.45, 2.75) is 26.4 Å². The lowest BCUT2D eigenvalue weighted by atomic mass is 10.1. The molecule has 27 heavy (non-hydrogen) atoms. The highest BCUT2D eigenvalue weighted by Gasteiger charge is 2.16. The normalized spacial score (nSPS) is 11.8. The van der Waals surface area contributed by atoms with E-state index in [0.29, 0.717) is 11.3 Å². The minimum atomic E-state index is -0.968. The van der Waals surface area contributed by atoms with Crippen LogP contribution in [0.4, 0.5) is 11.4 Å². The van der Waals surface area contributed by atoms with Gasteiger partial charge in [-0.2, -0.15) is 0 Å². The van der Waals surface area contributed by atoms with Crippen LogP contribution in [0, 0.1) is 10.1 Å². The number of nitro benzene ring substituents is 1. The molecule has 1 amide bonds. The number of aryl methyl sites for hydroxylation is 1. The first kappa shape index (κ1) is 19.8. The molecule has 1 N–H and O–H groups in total. The third kappa shape index (κ3) is 6.07. The molecule has 0 aliphatic heterocycles. The van der Waals surface area contributed by atoms with Crippen LogP contribution in [-0.2, 0) is 20.7 Å². The Labute approximate surface area is 156 Å². The molecule has 2 aromatic rings. The molecule has 140 valence electrons. The zero-order valence-corrected chi connectivity index (χ0v) is 15.0. The molecule has 0 heterocycles. The van der Waals surface area contributed by atoms with Gasteiger partial charge in [0.05, 0.1) is 4.92 Å². The number of amides is 1. The van der Waals surface area contributed by atoms with Crippen molar-refractivity contribution >= 4 is 29.3 Å². The highest BCUT2D eigenvalue weighted by molar-refractivity contribution is 5.96. The van der Waals surface area contributed by atoms with Gasteiger partial charge in [-0.15, -0.1) is 0 Å². The average molecular weight is 368 g/mol. The molecule has 7 nitrogen and oxygen atoms in total. The van der Waals surface area contributed by atoms with Crippen molar-refractivity contribution in [3.8, 4) is 0 Å². The largest absolute Gasteiger partial charge is 0.449 e. The number of nitro groups is 1.